The third kappa shape index (κ3) is 6.98. The van der Waals surface area contributed by atoms with Gasteiger partial charge in [0.1, 0.15) is 4.90 Å². The Morgan fingerprint density at radius 3 is 1.35 bits per heavy atom. The molecular formula is C15H8Br6F4O4S2. The third-order valence-electron chi connectivity index (χ3n) is 3.28. The van der Waals surface area contributed by atoms with Crippen LogP contribution < -0.4 is 0 Å². The maximum absolute atomic E-state index is 13.2. The van der Waals surface area contributed by atoms with Crippen LogP contribution in [-0.2, 0) is 19.7 Å². The molecule has 0 aliphatic heterocycles. The topological polar surface area (TPSA) is 68.3 Å². The van der Waals surface area contributed by atoms with Gasteiger partial charge in [-0.1, -0.05) is 17.7 Å². The van der Waals surface area contributed by atoms with E-state index in [2.05, 4.69) is 95.6 Å². The second-order valence-electron chi connectivity index (χ2n) is 5.51. The lowest BCUT2D eigenvalue weighted by atomic mass is 10.2. The summed E-state index contributed by atoms with van der Waals surface area (Å²) in [5.41, 5.74) is 1.02. The van der Waals surface area contributed by atoms with E-state index in [-0.39, 0.29) is 11.0 Å². The van der Waals surface area contributed by atoms with Gasteiger partial charge in [-0.15, -0.1) is 0 Å². The Labute approximate surface area is 226 Å². The Kier molecular flexibility index (Phi) is 10.3. The van der Waals surface area contributed by atoms with Gasteiger partial charge in [0.25, 0.3) is 0 Å². The molecule has 4 nitrogen and oxygen atoms in total. The Morgan fingerprint density at radius 2 is 1.03 bits per heavy atom. The van der Waals surface area contributed by atoms with E-state index >= 15 is 0 Å². The lowest BCUT2D eigenvalue weighted by Crippen LogP contribution is -2.22. The Bertz CT molecular complexity index is 1150. The lowest BCUT2D eigenvalue weighted by molar-refractivity contribution is 0.419. The highest BCUT2D eigenvalue weighted by molar-refractivity contribution is 9.42. The van der Waals surface area contributed by atoms with Crippen molar-refractivity contribution in [2.24, 2.45) is 0 Å². The summed E-state index contributed by atoms with van der Waals surface area (Å²) in [5.74, 6) is -7.60. The molecule has 0 saturated heterocycles. The second kappa shape index (κ2) is 10.7. The number of aryl methyl sites for hydroxylation is 1. The predicted octanol–water partition coefficient (Wildman–Crippen LogP) is 7.38. The van der Waals surface area contributed by atoms with Crippen LogP contribution in [0.2, 0.25) is 0 Å². The Balaban J connectivity index is 0.000000316. The van der Waals surface area contributed by atoms with Crippen molar-refractivity contribution in [2.75, 3.05) is 0 Å². The number of hydrogen-bond acceptors (Lipinski definition) is 4. The first-order chi connectivity index (χ1) is 13.7. The van der Waals surface area contributed by atoms with Crippen LogP contribution in [-0.4, -0.2) is 19.8 Å². The maximum atomic E-state index is 13.2. The quantitative estimate of drug-likeness (QED) is 0.180. The van der Waals surface area contributed by atoms with E-state index in [1.807, 2.05) is 6.92 Å². The zero-order chi connectivity index (χ0) is 24.6. The highest BCUT2D eigenvalue weighted by Crippen LogP contribution is 2.45. The molecule has 0 spiro atoms. The maximum Gasteiger partial charge on any atom is 0.239 e. The van der Waals surface area contributed by atoms with Crippen LogP contribution in [0, 0.1) is 30.2 Å². The smallest absolute Gasteiger partial charge is 0.220 e. The minimum absolute atomic E-state index is 0.0813. The van der Waals surface area contributed by atoms with Gasteiger partial charge < -0.3 is 0 Å². The second-order valence-corrected chi connectivity index (χ2v) is 26.3. The van der Waals surface area contributed by atoms with Crippen LogP contribution >= 0.6 is 95.6 Å². The molecule has 174 valence electrons. The summed E-state index contributed by atoms with van der Waals surface area (Å²) in [7, 11) is -8.21. The van der Waals surface area contributed by atoms with Crippen molar-refractivity contribution in [1.29, 1.82) is 0 Å². The minimum Gasteiger partial charge on any atom is -0.220 e. The van der Waals surface area contributed by atoms with Crippen molar-refractivity contribution in [3.8, 4) is 0 Å². The monoisotopic (exact) mass is 865 g/mol. The minimum atomic E-state index is -4.76. The first kappa shape index (κ1) is 30.0. The number of hydrogen-bond donors (Lipinski definition) is 0. The molecule has 2 aromatic rings. The first-order valence-corrected chi connectivity index (χ1v) is 15.0. The molecule has 0 aliphatic rings. The fourth-order valence-corrected chi connectivity index (χ4v) is 6.55. The van der Waals surface area contributed by atoms with Crippen molar-refractivity contribution < 1.29 is 34.4 Å². The number of benzene rings is 2. The Hall–Kier alpha value is 0.940. The summed E-state index contributed by atoms with van der Waals surface area (Å²) in [4.78, 5) is -1.45. The highest BCUT2D eigenvalue weighted by atomic mass is 80.0. The average molecular weight is 872 g/mol. The molecule has 2 aromatic carbocycles. The standard InChI is InChI=1S/C8H7Br3O2S.C7HBr3F4O2S/c1-6-2-4-7(5-3-6)14(12,13)8(9,10)11;8-7(9,10)17(15,16)6-4(13)2(11)1-3(12)5(6)14/h2-5H,1H3;1H. The van der Waals surface area contributed by atoms with Crippen LogP contribution in [0.3, 0.4) is 0 Å². The van der Waals surface area contributed by atoms with Crippen LogP contribution in [0.25, 0.3) is 0 Å². The summed E-state index contributed by atoms with van der Waals surface area (Å²) in [6.45, 7) is 1.90. The van der Waals surface area contributed by atoms with E-state index in [9.17, 15) is 34.4 Å². The van der Waals surface area contributed by atoms with Gasteiger partial charge in [-0.2, -0.15) is 0 Å². The fraction of sp³-hybridized carbons (Fsp3) is 0.200. The molecule has 0 bridgehead atoms. The molecule has 0 amide bonds. The molecule has 0 radical (unpaired) electrons. The zero-order valence-corrected chi connectivity index (χ0v) is 25.8. The van der Waals surface area contributed by atoms with Gasteiger partial charge in [0.2, 0.25) is 22.6 Å². The zero-order valence-electron chi connectivity index (χ0n) is 14.6. The van der Waals surface area contributed by atoms with E-state index in [0.29, 0.717) is 0 Å². The van der Waals surface area contributed by atoms with E-state index in [1.54, 1.807) is 24.3 Å². The predicted molar refractivity (Wildman–Crippen MR) is 131 cm³/mol. The molecule has 0 aromatic heterocycles. The number of rotatable bonds is 2. The summed E-state index contributed by atoms with van der Waals surface area (Å²) in [5, 5.41) is 0. The van der Waals surface area contributed by atoms with Crippen LogP contribution in [0.15, 0.2) is 40.1 Å². The summed E-state index contributed by atoms with van der Waals surface area (Å²) >= 11 is 16.6. The summed E-state index contributed by atoms with van der Waals surface area (Å²) in [6.07, 6.45) is 0. The molecule has 0 N–H and O–H groups in total. The SMILES string of the molecule is Cc1ccc(S(=O)(=O)C(Br)(Br)Br)cc1.O=S(=O)(c1c(F)c(F)cc(F)c1F)C(Br)(Br)Br. The van der Waals surface area contributed by atoms with E-state index in [0.717, 1.165) is 5.56 Å². The van der Waals surface area contributed by atoms with Crippen LogP contribution in [0.4, 0.5) is 17.6 Å². The lowest BCUT2D eigenvalue weighted by Gasteiger charge is -2.15. The number of halogens is 10. The highest BCUT2D eigenvalue weighted by Gasteiger charge is 2.43. The van der Waals surface area contributed by atoms with E-state index < -0.39 is 50.8 Å². The molecule has 16 heteroatoms. The van der Waals surface area contributed by atoms with Gasteiger partial charge in [0, 0.05) is 6.07 Å². The molecule has 2 rings (SSSR count). The largest absolute Gasteiger partial charge is 0.239 e. The van der Waals surface area contributed by atoms with Gasteiger partial charge in [-0.05, 0) is 115 Å². The van der Waals surface area contributed by atoms with Crippen molar-refractivity contribution in [1.82, 2.24) is 0 Å². The van der Waals surface area contributed by atoms with Gasteiger partial charge in [0.15, 0.2) is 23.3 Å². The summed E-state index contributed by atoms with van der Waals surface area (Å²) < 4.78 is 95.7. The molecule has 0 atom stereocenters. The van der Waals surface area contributed by atoms with Gasteiger partial charge >= 0.3 is 0 Å². The van der Waals surface area contributed by atoms with Crippen molar-refractivity contribution >= 4 is 115 Å². The van der Waals surface area contributed by atoms with Crippen LogP contribution in [0.5, 0.6) is 0 Å². The van der Waals surface area contributed by atoms with E-state index in [4.69, 9.17) is 0 Å². The number of alkyl halides is 6. The van der Waals surface area contributed by atoms with Gasteiger partial charge in [0.05, 0.1) is 4.90 Å². The Morgan fingerprint density at radius 1 is 0.677 bits per heavy atom. The molecule has 31 heavy (non-hydrogen) atoms. The van der Waals surface area contributed by atoms with E-state index in [1.165, 1.54) is 0 Å². The molecule has 0 aliphatic carbocycles. The number of sulfone groups is 2. The average Bonchev–Trinajstić information content (AvgIpc) is 2.59. The van der Waals surface area contributed by atoms with Gasteiger partial charge in [-0.3, -0.25) is 0 Å². The first-order valence-electron chi connectivity index (χ1n) is 7.27. The molecule has 0 unspecified atom stereocenters. The van der Waals surface area contributed by atoms with Crippen molar-refractivity contribution in [3.05, 3.63) is 59.2 Å². The van der Waals surface area contributed by atoms with Gasteiger partial charge in [-0.25, -0.2) is 34.4 Å². The molecule has 0 saturated carbocycles. The molecule has 0 fully saturated rings. The van der Waals surface area contributed by atoms with Crippen molar-refractivity contribution in [3.63, 3.8) is 0 Å². The molecule has 0 heterocycles. The normalized spacial score (nSPS) is 12.9. The fourth-order valence-electron chi connectivity index (χ4n) is 1.75. The van der Waals surface area contributed by atoms with Crippen LogP contribution in [0.1, 0.15) is 5.56 Å². The van der Waals surface area contributed by atoms with Crippen molar-refractivity contribution in [2.45, 2.75) is 19.7 Å². The summed E-state index contributed by atoms with van der Waals surface area (Å²) in [6, 6.07) is 6.58. The molecular weight excluding hydrogens is 864 g/mol. The third-order valence-corrected chi connectivity index (χ3v) is 14.0.